The fourth-order valence-corrected chi connectivity index (χ4v) is 6.04. The third kappa shape index (κ3) is 3.68. The van der Waals surface area contributed by atoms with Gasteiger partial charge in [0.25, 0.3) is 0 Å². The minimum atomic E-state index is -3.46. The Kier molecular flexibility index (Phi) is 4.97. The van der Waals surface area contributed by atoms with Gasteiger partial charge in [-0.15, -0.1) is 0 Å². The molecule has 0 radical (unpaired) electrons. The number of anilines is 1. The number of pyridine rings is 1. The van der Waals surface area contributed by atoms with Crippen molar-refractivity contribution in [3.63, 3.8) is 0 Å². The first-order chi connectivity index (χ1) is 12.1. The molecule has 0 unspecified atom stereocenters. The van der Waals surface area contributed by atoms with Crippen LogP contribution in [0.5, 0.6) is 0 Å². The van der Waals surface area contributed by atoms with Gasteiger partial charge in [0, 0.05) is 25.8 Å². The Labute approximate surface area is 150 Å². The highest BCUT2D eigenvalue weighted by atomic mass is 32.2. The van der Waals surface area contributed by atoms with E-state index >= 15 is 0 Å². The largest absolute Gasteiger partial charge is 0.379 e. The summed E-state index contributed by atoms with van der Waals surface area (Å²) in [5.74, 6) is 3.55. The first-order valence-corrected chi connectivity index (χ1v) is 10.8. The van der Waals surface area contributed by atoms with E-state index in [1.165, 1.54) is 42.6 Å². The summed E-state index contributed by atoms with van der Waals surface area (Å²) in [7, 11) is -3.46. The highest BCUT2D eigenvalue weighted by Gasteiger charge is 2.38. The molecule has 6 nitrogen and oxygen atoms in total. The lowest BCUT2D eigenvalue weighted by molar-refractivity contribution is 0.0730. The van der Waals surface area contributed by atoms with Crippen molar-refractivity contribution in [2.24, 2.45) is 17.8 Å². The summed E-state index contributed by atoms with van der Waals surface area (Å²) >= 11 is 0. The zero-order valence-electron chi connectivity index (χ0n) is 14.6. The first-order valence-electron chi connectivity index (χ1n) is 9.41. The zero-order chi connectivity index (χ0) is 17.3. The number of sulfonamides is 1. The molecule has 2 heterocycles. The summed E-state index contributed by atoms with van der Waals surface area (Å²) in [5, 5.41) is 3.35. The van der Waals surface area contributed by atoms with E-state index < -0.39 is 10.0 Å². The third-order valence-corrected chi connectivity index (χ3v) is 7.93. The third-order valence-electron chi connectivity index (χ3n) is 6.05. The Morgan fingerprint density at radius 1 is 1.20 bits per heavy atom. The second-order valence-corrected chi connectivity index (χ2v) is 9.48. The molecule has 1 saturated heterocycles. The summed E-state index contributed by atoms with van der Waals surface area (Å²) in [5.41, 5.74) is 0. The summed E-state index contributed by atoms with van der Waals surface area (Å²) in [4.78, 5) is 4.56. The van der Waals surface area contributed by atoms with Crippen molar-refractivity contribution >= 4 is 15.8 Å². The highest BCUT2D eigenvalue weighted by molar-refractivity contribution is 7.89. The van der Waals surface area contributed by atoms with Crippen molar-refractivity contribution in [3.05, 3.63) is 18.3 Å². The van der Waals surface area contributed by atoms with Crippen molar-refractivity contribution in [1.82, 2.24) is 9.29 Å². The molecule has 1 aromatic heterocycles. The molecule has 3 atom stereocenters. The van der Waals surface area contributed by atoms with E-state index in [1.807, 2.05) is 0 Å². The minimum Gasteiger partial charge on any atom is -0.379 e. The van der Waals surface area contributed by atoms with Gasteiger partial charge in [-0.2, -0.15) is 4.31 Å². The lowest BCUT2D eigenvalue weighted by Crippen LogP contribution is -2.40. The van der Waals surface area contributed by atoms with Gasteiger partial charge in [-0.05, 0) is 55.6 Å². The van der Waals surface area contributed by atoms with E-state index in [-0.39, 0.29) is 4.90 Å². The highest BCUT2D eigenvalue weighted by Crippen LogP contribution is 2.49. The van der Waals surface area contributed by atoms with Gasteiger partial charge in [-0.1, -0.05) is 6.42 Å². The lowest BCUT2D eigenvalue weighted by atomic mass is 9.86. The van der Waals surface area contributed by atoms with E-state index in [1.54, 1.807) is 12.1 Å². The zero-order valence-corrected chi connectivity index (χ0v) is 15.4. The van der Waals surface area contributed by atoms with Crippen molar-refractivity contribution in [3.8, 4) is 0 Å². The normalized spacial score (nSPS) is 29.8. The second-order valence-electron chi connectivity index (χ2n) is 7.55. The second kappa shape index (κ2) is 7.21. The Morgan fingerprint density at radius 3 is 2.68 bits per heavy atom. The fourth-order valence-electron chi connectivity index (χ4n) is 4.69. The Bertz CT molecular complexity index is 686. The van der Waals surface area contributed by atoms with Crippen molar-refractivity contribution in [1.29, 1.82) is 0 Å². The van der Waals surface area contributed by atoms with E-state index in [4.69, 9.17) is 4.74 Å². The van der Waals surface area contributed by atoms with Crippen LogP contribution in [0, 0.1) is 17.8 Å². The quantitative estimate of drug-likeness (QED) is 0.838. The van der Waals surface area contributed by atoms with E-state index in [0.717, 1.165) is 30.1 Å². The molecule has 2 aliphatic carbocycles. The SMILES string of the molecule is O=S(=O)(c1ccc(NCC[C@H]2C[C@H]3CC[C@H]2C3)nc1)N1CCOCC1. The van der Waals surface area contributed by atoms with Gasteiger partial charge >= 0.3 is 0 Å². The molecule has 138 valence electrons. The maximum absolute atomic E-state index is 12.6. The van der Waals surface area contributed by atoms with Gasteiger partial charge in [-0.25, -0.2) is 13.4 Å². The predicted molar refractivity (Wildman–Crippen MR) is 95.9 cm³/mol. The standard InChI is InChI=1S/C18H27N3O3S/c22-25(23,21-7-9-24-10-8-21)17-3-4-18(20-13-17)19-6-5-16-12-14-1-2-15(16)11-14/h3-4,13-16H,1-2,5-12H2,(H,19,20)/t14-,15-,16-/m0/s1. The Balaban J connectivity index is 1.31. The van der Waals surface area contributed by atoms with E-state index in [0.29, 0.717) is 26.3 Å². The number of nitrogens with zero attached hydrogens (tertiary/aromatic N) is 2. The van der Waals surface area contributed by atoms with Gasteiger partial charge < -0.3 is 10.1 Å². The Morgan fingerprint density at radius 2 is 2.04 bits per heavy atom. The van der Waals surface area contributed by atoms with Gasteiger partial charge in [-0.3, -0.25) is 0 Å². The van der Waals surface area contributed by atoms with Crippen LogP contribution >= 0.6 is 0 Å². The van der Waals surface area contributed by atoms with Crippen LogP contribution in [-0.4, -0.2) is 50.6 Å². The molecule has 7 heteroatoms. The summed E-state index contributed by atoms with van der Waals surface area (Å²) < 4.78 is 31.8. The Hall–Kier alpha value is -1.18. The predicted octanol–water partition coefficient (Wildman–Crippen LogP) is 2.34. The number of nitrogens with one attached hydrogen (secondary N) is 1. The molecule has 3 fully saturated rings. The maximum Gasteiger partial charge on any atom is 0.244 e. The van der Waals surface area contributed by atoms with Crippen molar-refractivity contribution in [2.45, 2.75) is 37.0 Å². The van der Waals surface area contributed by atoms with Crippen LogP contribution in [0.1, 0.15) is 32.1 Å². The summed E-state index contributed by atoms with van der Waals surface area (Å²) in [6.07, 6.45) is 8.35. The van der Waals surface area contributed by atoms with E-state index in [9.17, 15) is 8.42 Å². The maximum atomic E-state index is 12.6. The molecular weight excluding hydrogens is 338 g/mol. The van der Waals surface area contributed by atoms with Crippen LogP contribution in [0.4, 0.5) is 5.82 Å². The van der Waals surface area contributed by atoms with Gasteiger partial charge in [0.15, 0.2) is 0 Å². The number of ether oxygens (including phenoxy) is 1. The first kappa shape index (κ1) is 17.2. The monoisotopic (exact) mass is 365 g/mol. The topological polar surface area (TPSA) is 71.5 Å². The van der Waals surface area contributed by atoms with Crippen LogP contribution in [0.15, 0.2) is 23.2 Å². The number of aromatic nitrogens is 1. The average Bonchev–Trinajstić information content (AvgIpc) is 3.26. The van der Waals surface area contributed by atoms with Crippen molar-refractivity contribution < 1.29 is 13.2 Å². The van der Waals surface area contributed by atoms with Crippen LogP contribution in [0.3, 0.4) is 0 Å². The van der Waals surface area contributed by atoms with Crippen LogP contribution in [-0.2, 0) is 14.8 Å². The van der Waals surface area contributed by atoms with Crippen LogP contribution < -0.4 is 5.32 Å². The fraction of sp³-hybridized carbons (Fsp3) is 0.722. The molecule has 25 heavy (non-hydrogen) atoms. The molecule has 0 spiro atoms. The van der Waals surface area contributed by atoms with Gasteiger partial charge in [0.1, 0.15) is 10.7 Å². The number of morpholine rings is 1. The molecule has 2 saturated carbocycles. The summed E-state index contributed by atoms with van der Waals surface area (Å²) in [6, 6.07) is 3.42. The molecule has 0 aromatic carbocycles. The van der Waals surface area contributed by atoms with Crippen LogP contribution in [0.2, 0.25) is 0 Å². The molecular formula is C18H27N3O3S. The minimum absolute atomic E-state index is 0.257. The van der Waals surface area contributed by atoms with Crippen molar-refractivity contribution in [2.75, 3.05) is 38.2 Å². The molecule has 2 bridgehead atoms. The van der Waals surface area contributed by atoms with Gasteiger partial charge in [0.2, 0.25) is 10.0 Å². The molecule has 3 aliphatic rings. The molecule has 0 amide bonds. The number of hydrogen-bond donors (Lipinski definition) is 1. The molecule has 1 N–H and O–H groups in total. The average molecular weight is 365 g/mol. The lowest BCUT2D eigenvalue weighted by Gasteiger charge is -2.25. The summed E-state index contributed by atoms with van der Waals surface area (Å²) in [6.45, 7) is 2.64. The number of hydrogen-bond acceptors (Lipinski definition) is 5. The smallest absolute Gasteiger partial charge is 0.244 e. The van der Waals surface area contributed by atoms with E-state index in [2.05, 4.69) is 10.3 Å². The van der Waals surface area contributed by atoms with Crippen LogP contribution in [0.25, 0.3) is 0 Å². The molecule has 1 aromatic rings. The molecule has 1 aliphatic heterocycles. The number of fused-ring (bicyclic) bond motifs is 2. The van der Waals surface area contributed by atoms with Gasteiger partial charge in [0.05, 0.1) is 13.2 Å². The number of rotatable bonds is 6. The molecule has 4 rings (SSSR count).